The highest BCUT2D eigenvalue weighted by Gasteiger charge is 2.25. The molecular formula is C14H24N4. The van der Waals surface area contributed by atoms with Crippen LogP contribution >= 0.6 is 0 Å². The van der Waals surface area contributed by atoms with Crippen LogP contribution in [0, 0.1) is 11.8 Å². The molecule has 1 aromatic heterocycles. The van der Waals surface area contributed by atoms with E-state index in [1.165, 1.54) is 6.42 Å². The predicted molar refractivity (Wildman–Crippen MR) is 74.6 cm³/mol. The zero-order chi connectivity index (χ0) is 13.0. The van der Waals surface area contributed by atoms with Gasteiger partial charge in [0.1, 0.15) is 0 Å². The molecule has 4 nitrogen and oxygen atoms in total. The molecule has 4 heteroatoms. The second-order valence-electron chi connectivity index (χ2n) is 5.40. The molecule has 2 heterocycles. The fraction of sp³-hybridized carbons (Fsp3) is 0.714. The lowest BCUT2D eigenvalue weighted by atomic mass is 9.95. The van der Waals surface area contributed by atoms with Gasteiger partial charge in [-0.15, -0.1) is 5.10 Å². The molecule has 0 bridgehead atoms. The van der Waals surface area contributed by atoms with E-state index in [4.69, 9.17) is 0 Å². The van der Waals surface area contributed by atoms with Gasteiger partial charge in [0, 0.05) is 19.6 Å². The standard InChI is InChI=1S/C14H24N4/c1-4-15-9-13-5-6-14(17-16-13)18-8-7-12(10-18)11(2)3/h5-6,11-12,15H,4,7-10H2,1-3H3. The second kappa shape index (κ2) is 6.14. The first-order valence-corrected chi connectivity index (χ1v) is 6.99. The summed E-state index contributed by atoms with van der Waals surface area (Å²) in [6.45, 7) is 10.7. The third-order valence-corrected chi connectivity index (χ3v) is 3.75. The van der Waals surface area contributed by atoms with E-state index < -0.39 is 0 Å². The van der Waals surface area contributed by atoms with Crippen molar-refractivity contribution in [3.8, 4) is 0 Å². The molecule has 1 aromatic rings. The molecule has 0 aliphatic carbocycles. The molecule has 18 heavy (non-hydrogen) atoms. The number of hydrogen-bond acceptors (Lipinski definition) is 4. The molecule has 1 fully saturated rings. The molecular weight excluding hydrogens is 224 g/mol. The maximum Gasteiger partial charge on any atom is 0.151 e. The Balaban J connectivity index is 1.94. The third-order valence-electron chi connectivity index (χ3n) is 3.75. The van der Waals surface area contributed by atoms with Gasteiger partial charge in [0.15, 0.2) is 5.82 Å². The fourth-order valence-electron chi connectivity index (χ4n) is 2.41. The molecule has 0 radical (unpaired) electrons. The Morgan fingerprint density at radius 1 is 1.39 bits per heavy atom. The van der Waals surface area contributed by atoms with E-state index in [-0.39, 0.29) is 0 Å². The molecule has 1 N–H and O–H groups in total. The summed E-state index contributed by atoms with van der Waals surface area (Å²) in [7, 11) is 0. The SMILES string of the molecule is CCNCc1ccc(N2CCC(C(C)C)C2)nn1. The van der Waals surface area contributed by atoms with Crippen LogP contribution < -0.4 is 10.2 Å². The Morgan fingerprint density at radius 3 is 2.78 bits per heavy atom. The minimum Gasteiger partial charge on any atom is -0.355 e. The number of aromatic nitrogens is 2. The lowest BCUT2D eigenvalue weighted by Crippen LogP contribution is -2.23. The van der Waals surface area contributed by atoms with Gasteiger partial charge in [-0.05, 0) is 36.9 Å². The summed E-state index contributed by atoms with van der Waals surface area (Å²) in [6, 6.07) is 4.18. The lowest BCUT2D eigenvalue weighted by molar-refractivity contribution is 0.422. The van der Waals surface area contributed by atoms with Crippen molar-refractivity contribution in [1.82, 2.24) is 15.5 Å². The van der Waals surface area contributed by atoms with Crippen LogP contribution in [0.4, 0.5) is 5.82 Å². The third kappa shape index (κ3) is 3.19. The minimum atomic E-state index is 0.760. The molecule has 100 valence electrons. The van der Waals surface area contributed by atoms with Crippen molar-refractivity contribution < 1.29 is 0 Å². The van der Waals surface area contributed by atoms with E-state index in [1.807, 2.05) is 0 Å². The van der Waals surface area contributed by atoms with E-state index in [2.05, 4.69) is 53.3 Å². The van der Waals surface area contributed by atoms with Crippen LogP contribution in [0.5, 0.6) is 0 Å². The van der Waals surface area contributed by atoms with E-state index >= 15 is 0 Å². The average Bonchev–Trinajstić information content (AvgIpc) is 2.87. The topological polar surface area (TPSA) is 41.0 Å². The number of anilines is 1. The zero-order valence-corrected chi connectivity index (χ0v) is 11.7. The summed E-state index contributed by atoms with van der Waals surface area (Å²) in [4.78, 5) is 2.36. The first-order chi connectivity index (χ1) is 8.70. The first-order valence-electron chi connectivity index (χ1n) is 6.99. The summed E-state index contributed by atoms with van der Waals surface area (Å²) < 4.78 is 0. The van der Waals surface area contributed by atoms with E-state index in [0.29, 0.717) is 0 Å². The molecule has 1 atom stereocenters. The van der Waals surface area contributed by atoms with Crippen LogP contribution in [0.25, 0.3) is 0 Å². The summed E-state index contributed by atoms with van der Waals surface area (Å²) in [5.74, 6) is 2.59. The second-order valence-corrected chi connectivity index (χ2v) is 5.40. The minimum absolute atomic E-state index is 0.760. The van der Waals surface area contributed by atoms with Gasteiger partial charge in [-0.3, -0.25) is 0 Å². The van der Waals surface area contributed by atoms with Gasteiger partial charge < -0.3 is 10.2 Å². The highest BCUT2D eigenvalue weighted by molar-refractivity contribution is 5.38. The number of hydrogen-bond donors (Lipinski definition) is 1. The number of rotatable bonds is 5. The van der Waals surface area contributed by atoms with Gasteiger partial charge in [-0.25, -0.2) is 0 Å². The Hall–Kier alpha value is -1.16. The molecule has 1 unspecified atom stereocenters. The van der Waals surface area contributed by atoms with Crippen LogP contribution in [-0.4, -0.2) is 29.8 Å². The van der Waals surface area contributed by atoms with Gasteiger partial charge in [-0.1, -0.05) is 20.8 Å². The van der Waals surface area contributed by atoms with Crippen molar-refractivity contribution in [2.24, 2.45) is 11.8 Å². The Morgan fingerprint density at radius 2 is 2.22 bits per heavy atom. The molecule has 1 saturated heterocycles. The average molecular weight is 248 g/mol. The van der Waals surface area contributed by atoms with Gasteiger partial charge in [0.2, 0.25) is 0 Å². The quantitative estimate of drug-likeness (QED) is 0.866. The maximum atomic E-state index is 4.34. The van der Waals surface area contributed by atoms with Crippen molar-refractivity contribution in [2.75, 3.05) is 24.5 Å². The molecule has 0 spiro atoms. The van der Waals surface area contributed by atoms with Gasteiger partial charge in [0.25, 0.3) is 0 Å². The van der Waals surface area contributed by atoms with Crippen LogP contribution in [0.1, 0.15) is 32.9 Å². The normalized spacial score (nSPS) is 19.8. The Labute approximate surface area is 110 Å². The van der Waals surface area contributed by atoms with E-state index in [9.17, 15) is 0 Å². The molecule has 0 amide bonds. The van der Waals surface area contributed by atoms with Crippen LogP contribution in [0.2, 0.25) is 0 Å². The van der Waals surface area contributed by atoms with Crippen LogP contribution in [-0.2, 0) is 6.54 Å². The summed E-state index contributed by atoms with van der Waals surface area (Å²) in [6.07, 6.45) is 1.28. The molecule has 1 aliphatic heterocycles. The first kappa shape index (κ1) is 13.3. The van der Waals surface area contributed by atoms with Crippen LogP contribution in [0.15, 0.2) is 12.1 Å². The van der Waals surface area contributed by atoms with Crippen LogP contribution in [0.3, 0.4) is 0 Å². The summed E-state index contributed by atoms with van der Waals surface area (Å²) >= 11 is 0. The monoisotopic (exact) mass is 248 g/mol. The summed E-state index contributed by atoms with van der Waals surface area (Å²) in [5, 5.41) is 11.9. The summed E-state index contributed by atoms with van der Waals surface area (Å²) in [5.41, 5.74) is 1.01. The van der Waals surface area contributed by atoms with Crippen molar-refractivity contribution in [3.63, 3.8) is 0 Å². The largest absolute Gasteiger partial charge is 0.355 e. The van der Waals surface area contributed by atoms with Gasteiger partial charge in [0.05, 0.1) is 5.69 Å². The molecule has 0 aromatic carbocycles. The zero-order valence-electron chi connectivity index (χ0n) is 11.7. The van der Waals surface area contributed by atoms with Gasteiger partial charge >= 0.3 is 0 Å². The highest BCUT2D eigenvalue weighted by Crippen LogP contribution is 2.26. The molecule has 2 rings (SSSR count). The Kier molecular flexibility index (Phi) is 4.53. The maximum absolute atomic E-state index is 4.34. The number of nitrogens with zero attached hydrogens (tertiary/aromatic N) is 3. The lowest BCUT2D eigenvalue weighted by Gasteiger charge is -2.18. The highest BCUT2D eigenvalue weighted by atomic mass is 15.3. The van der Waals surface area contributed by atoms with Crippen molar-refractivity contribution in [3.05, 3.63) is 17.8 Å². The molecule has 1 aliphatic rings. The van der Waals surface area contributed by atoms with E-state index in [0.717, 1.165) is 49.5 Å². The van der Waals surface area contributed by atoms with Gasteiger partial charge in [-0.2, -0.15) is 5.10 Å². The Bertz CT molecular complexity index is 361. The van der Waals surface area contributed by atoms with Crippen molar-refractivity contribution in [2.45, 2.75) is 33.7 Å². The fourth-order valence-corrected chi connectivity index (χ4v) is 2.41. The number of nitrogens with one attached hydrogen (secondary N) is 1. The smallest absolute Gasteiger partial charge is 0.151 e. The van der Waals surface area contributed by atoms with Crippen molar-refractivity contribution >= 4 is 5.82 Å². The van der Waals surface area contributed by atoms with E-state index in [1.54, 1.807) is 0 Å². The predicted octanol–water partition coefficient (Wildman–Crippen LogP) is 2.07. The molecule has 0 saturated carbocycles. The van der Waals surface area contributed by atoms with Crippen molar-refractivity contribution in [1.29, 1.82) is 0 Å².